The first kappa shape index (κ1) is 11.2. The van der Waals surface area contributed by atoms with Crippen LogP contribution in [0.1, 0.15) is 5.56 Å². The molecule has 0 aliphatic heterocycles. The minimum Gasteiger partial charge on any atom is -0.375 e. The van der Waals surface area contributed by atoms with Gasteiger partial charge in [0.1, 0.15) is 5.82 Å². The standard InChI is InChI=1S/C8H9ClFN3S/c9-7-2-1-6(10)3-5(7)4-13(12)8(11)14/h1-3H,4,12H2,(H2,11,14). The quantitative estimate of drug-likeness (QED) is 0.461. The summed E-state index contributed by atoms with van der Waals surface area (Å²) in [5.41, 5.74) is 5.81. The molecule has 0 unspecified atom stereocenters. The van der Waals surface area contributed by atoms with Crippen molar-refractivity contribution in [3.05, 3.63) is 34.6 Å². The minimum atomic E-state index is -0.374. The van der Waals surface area contributed by atoms with Gasteiger partial charge in [0, 0.05) is 5.02 Å². The molecule has 4 N–H and O–H groups in total. The molecule has 1 aromatic carbocycles. The van der Waals surface area contributed by atoms with Gasteiger partial charge in [-0.1, -0.05) is 11.6 Å². The topological polar surface area (TPSA) is 55.3 Å². The molecule has 0 spiro atoms. The molecule has 0 aromatic heterocycles. The summed E-state index contributed by atoms with van der Waals surface area (Å²) < 4.78 is 12.8. The lowest BCUT2D eigenvalue weighted by atomic mass is 10.2. The molecule has 0 heterocycles. The third kappa shape index (κ3) is 2.80. The van der Waals surface area contributed by atoms with E-state index in [1.165, 1.54) is 18.2 Å². The fourth-order valence-corrected chi connectivity index (χ4v) is 1.17. The van der Waals surface area contributed by atoms with E-state index in [-0.39, 0.29) is 17.5 Å². The number of rotatable bonds is 2. The van der Waals surface area contributed by atoms with Gasteiger partial charge in [-0.3, -0.25) is 5.01 Å². The maximum Gasteiger partial charge on any atom is 0.180 e. The largest absolute Gasteiger partial charge is 0.375 e. The van der Waals surface area contributed by atoms with Crippen LogP contribution in [0.15, 0.2) is 18.2 Å². The molecule has 0 amide bonds. The smallest absolute Gasteiger partial charge is 0.180 e. The summed E-state index contributed by atoms with van der Waals surface area (Å²) in [7, 11) is 0. The van der Waals surface area contributed by atoms with Gasteiger partial charge in [-0.05, 0) is 36.0 Å². The number of hydrogen-bond acceptors (Lipinski definition) is 2. The van der Waals surface area contributed by atoms with E-state index in [0.717, 1.165) is 5.01 Å². The van der Waals surface area contributed by atoms with E-state index in [4.69, 9.17) is 23.2 Å². The molecule has 0 atom stereocenters. The van der Waals surface area contributed by atoms with Gasteiger partial charge in [0.2, 0.25) is 0 Å². The predicted octanol–water partition coefficient (Wildman–Crippen LogP) is 1.40. The molecule has 76 valence electrons. The highest BCUT2D eigenvalue weighted by atomic mass is 35.5. The molecular weight excluding hydrogens is 225 g/mol. The summed E-state index contributed by atoms with van der Waals surface area (Å²) in [5, 5.41) is 1.58. The van der Waals surface area contributed by atoms with Crippen molar-refractivity contribution in [3.8, 4) is 0 Å². The number of thiocarbonyl (C=S) groups is 1. The van der Waals surface area contributed by atoms with Crippen molar-refractivity contribution in [2.24, 2.45) is 11.6 Å². The summed E-state index contributed by atoms with van der Waals surface area (Å²) in [6, 6.07) is 4.02. The number of benzene rings is 1. The highest BCUT2D eigenvalue weighted by Crippen LogP contribution is 2.17. The average molecular weight is 234 g/mol. The second-order valence-corrected chi connectivity index (χ2v) is 3.53. The number of hydrogen-bond donors (Lipinski definition) is 2. The molecule has 0 aliphatic carbocycles. The van der Waals surface area contributed by atoms with Crippen LogP contribution in [0.4, 0.5) is 4.39 Å². The Bertz CT molecular complexity index is 358. The minimum absolute atomic E-state index is 0.0327. The predicted molar refractivity (Wildman–Crippen MR) is 57.9 cm³/mol. The molecule has 6 heteroatoms. The summed E-state index contributed by atoms with van der Waals surface area (Å²) in [5.74, 6) is 5.08. The van der Waals surface area contributed by atoms with Crippen molar-refractivity contribution in [3.63, 3.8) is 0 Å². The number of nitrogens with two attached hydrogens (primary N) is 2. The third-order valence-electron chi connectivity index (χ3n) is 1.63. The molecule has 0 aliphatic rings. The molecule has 0 saturated carbocycles. The SMILES string of the molecule is NC(=S)N(N)Cc1cc(F)ccc1Cl. The first-order valence-electron chi connectivity index (χ1n) is 3.76. The van der Waals surface area contributed by atoms with Gasteiger partial charge in [-0.15, -0.1) is 0 Å². The highest BCUT2D eigenvalue weighted by Gasteiger charge is 2.06. The Morgan fingerprint density at radius 2 is 2.21 bits per heavy atom. The van der Waals surface area contributed by atoms with Crippen LogP contribution in [0.25, 0.3) is 0 Å². The highest BCUT2D eigenvalue weighted by molar-refractivity contribution is 7.80. The van der Waals surface area contributed by atoms with Gasteiger partial charge < -0.3 is 5.73 Å². The lowest BCUT2D eigenvalue weighted by Crippen LogP contribution is -2.40. The van der Waals surface area contributed by atoms with Crippen LogP contribution in [-0.2, 0) is 6.54 Å². The second kappa shape index (κ2) is 4.54. The molecular formula is C8H9ClFN3S. The molecule has 0 fully saturated rings. The Labute approximate surface area is 91.4 Å². The normalized spacial score (nSPS) is 9.93. The average Bonchev–Trinajstić information content (AvgIpc) is 2.11. The van der Waals surface area contributed by atoms with Gasteiger partial charge in [0.05, 0.1) is 6.54 Å². The van der Waals surface area contributed by atoms with E-state index in [9.17, 15) is 4.39 Å². The number of halogens is 2. The van der Waals surface area contributed by atoms with E-state index in [0.29, 0.717) is 10.6 Å². The van der Waals surface area contributed by atoms with Crippen molar-refractivity contribution in [2.75, 3.05) is 0 Å². The van der Waals surface area contributed by atoms with E-state index >= 15 is 0 Å². The lowest BCUT2D eigenvalue weighted by Gasteiger charge is -2.16. The van der Waals surface area contributed by atoms with Crippen LogP contribution in [0.2, 0.25) is 5.02 Å². The maximum atomic E-state index is 12.8. The monoisotopic (exact) mass is 233 g/mol. The Morgan fingerprint density at radius 3 is 2.79 bits per heavy atom. The summed E-state index contributed by atoms with van der Waals surface area (Å²) in [6.45, 7) is 0.186. The zero-order valence-electron chi connectivity index (χ0n) is 7.21. The summed E-state index contributed by atoms with van der Waals surface area (Å²) >= 11 is 10.4. The molecule has 1 aromatic rings. The van der Waals surface area contributed by atoms with Crippen molar-refractivity contribution in [2.45, 2.75) is 6.54 Å². The van der Waals surface area contributed by atoms with Gasteiger partial charge in [0.25, 0.3) is 0 Å². The number of hydrazine groups is 1. The van der Waals surface area contributed by atoms with Crippen molar-refractivity contribution in [1.29, 1.82) is 0 Å². The van der Waals surface area contributed by atoms with Gasteiger partial charge in [-0.25, -0.2) is 10.2 Å². The van der Waals surface area contributed by atoms with E-state index in [1.807, 2.05) is 0 Å². The van der Waals surface area contributed by atoms with Crippen LogP contribution in [0.5, 0.6) is 0 Å². The fraction of sp³-hybridized carbons (Fsp3) is 0.125. The van der Waals surface area contributed by atoms with Crippen LogP contribution < -0.4 is 11.6 Å². The van der Waals surface area contributed by atoms with Crippen LogP contribution in [-0.4, -0.2) is 10.1 Å². The van der Waals surface area contributed by atoms with Crippen LogP contribution in [0.3, 0.4) is 0 Å². The zero-order chi connectivity index (χ0) is 10.7. The maximum absolute atomic E-state index is 12.8. The lowest BCUT2D eigenvalue weighted by molar-refractivity contribution is 0.436. The zero-order valence-corrected chi connectivity index (χ0v) is 8.78. The summed E-state index contributed by atoms with van der Waals surface area (Å²) in [6.07, 6.45) is 0. The summed E-state index contributed by atoms with van der Waals surface area (Å²) in [4.78, 5) is 0. The van der Waals surface area contributed by atoms with E-state index < -0.39 is 0 Å². The molecule has 0 bridgehead atoms. The Balaban J connectivity index is 2.85. The molecule has 0 saturated heterocycles. The second-order valence-electron chi connectivity index (χ2n) is 2.70. The van der Waals surface area contributed by atoms with E-state index in [2.05, 4.69) is 12.2 Å². The molecule has 3 nitrogen and oxygen atoms in total. The Morgan fingerprint density at radius 1 is 1.57 bits per heavy atom. The third-order valence-corrected chi connectivity index (χ3v) is 2.23. The van der Waals surface area contributed by atoms with Gasteiger partial charge in [-0.2, -0.15) is 0 Å². The van der Waals surface area contributed by atoms with Crippen molar-refractivity contribution >= 4 is 28.9 Å². The van der Waals surface area contributed by atoms with E-state index in [1.54, 1.807) is 0 Å². The Kier molecular flexibility index (Phi) is 3.62. The first-order chi connectivity index (χ1) is 6.50. The Hall–Kier alpha value is -0.910. The van der Waals surface area contributed by atoms with Crippen LogP contribution >= 0.6 is 23.8 Å². The van der Waals surface area contributed by atoms with Gasteiger partial charge >= 0.3 is 0 Å². The van der Waals surface area contributed by atoms with Gasteiger partial charge in [0.15, 0.2) is 5.11 Å². The van der Waals surface area contributed by atoms with Crippen molar-refractivity contribution in [1.82, 2.24) is 5.01 Å². The number of nitrogens with zero attached hydrogens (tertiary/aromatic N) is 1. The fourth-order valence-electron chi connectivity index (χ4n) is 0.926. The van der Waals surface area contributed by atoms with Crippen LogP contribution in [0, 0.1) is 5.82 Å². The van der Waals surface area contributed by atoms with Crippen molar-refractivity contribution < 1.29 is 4.39 Å². The molecule has 0 radical (unpaired) electrons. The molecule has 14 heavy (non-hydrogen) atoms. The molecule has 1 rings (SSSR count). The first-order valence-corrected chi connectivity index (χ1v) is 4.55.